The molecule has 0 saturated heterocycles. The molecule has 0 aliphatic carbocycles. The summed E-state index contributed by atoms with van der Waals surface area (Å²) in [6.07, 6.45) is 0. The first-order valence-corrected chi connectivity index (χ1v) is 5.59. The molecule has 0 aliphatic heterocycles. The van der Waals surface area contributed by atoms with E-state index in [0.29, 0.717) is 0 Å². The van der Waals surface area contributed by atoms with Crippen molar-refractivity contribution >= 4 is 33.4 Å². The van der Waals surface area contributed by atoms with Gasteiger partial charge in [-0.25, -0.2) is 4.98 Å². The van der Waals surface area contributed by atoms with Crippen LogP contribution in [0.3, 0.4) is 0 Å². The summed E-state index contributed by atoms with van der Waals surface area (Å²) < 4.78 is 0. The summed E-state index contributed by atoms with van der Waals surface area (Å²) in [5.74, 6) is 0. The standard InChI is InChI=1S/C14H10ClN/c1-9-5-4-7-11-13(15)10-6-2-3-8-12(10)16-14(9)11/h2-8H,1H3. The highest BCUT2D eigenvalue weighted by Crippen LogP contribution is 2.31. The number of para-hydroxylation sites is 2. The molecule has 16 heavy (non-hydrogen) atoms. The van der Waals surface area contributed by atoms with Gasteiger partial charge in [-0.15, -0.1) is 0 Å². The normalized spacial score (nSPS) is 11.1. The number of nitrogens with zero attached hydrogens (tertiary/aromatic N) is 1. The third kappa shape index (κ3) is 1.29. The molecule has 0 unspecified atom stereocenters. The number of aryl methyl sites for hydroxylation is 1. The van der Waals surface area contributed by atoms with Crippen LogP contribution in [0.4, 0.5) is 0 Å². The second kappa shape index (κ2) is 3.46. The van der Waals surface area contributed by atoms with Gasteiger partial charge in [-0.1, -0.05) is 48.0 Å². The number of hydrogen-bond donors (Lipinski definition) is 0. The predicted molar refractivity (Wildman–Crippen MR) is 69.0 cm³/mol. The van der Waals surface area contributed by atoms with Crippen LogP contribution in [0.15, 0.2) is 42.5 Å². The molecular formula is C14H10ClN. The maximum absolute atomic E-state index is 6.41. The maximum atomic E-state index is 6.41. The highest BCUT2D eigenvalue weighted by atomic mass is 35.5. The van der Waals surface area contributed by atoms with E-state index in [-0.39, 0.29) is 0 Å². The zero-order valence-corrected chi connectivity index (χ0v) is 9.62. The van der Waals surface area contributed by atoms with Gasteiger partial charge in [-0.3, -0.25) is 0 Å². The quantitative estimate of drug-likeness (QED) is 0.521. The lowest BCUT2D eigenvalue weighted by Crippen LogP contribution is -1.86. The SMILES string of the molecule is Cc1cccc2c(Cl)c3ccccc3nc12. The van der Waals surface area contributed by atoms with Gasteiger partial charge >= 0.3 is 0 Å². The minimum atomic E-state index is 0.796. The van der Waals surface area contributed by atoms with E-state index in [1.165, 1.54) is 0 Å². The number of halogens is 1. The summed E-state index contributed by atoms with van der Waals surface area (Å²) >= 11 is 6.41. The van der Waals surface area contributed by atoms with Crippen LogP contribution >= 0.6 is 11.6 Å². The molecule has 2 aromatic carbocycles. The second-order valence-corrected chi connectivity index (χ2v) is 4.29. The van der Waals surface area contributed by atoms with E-state index < -0.39 is 0 Å². The smallest absolute Gasteiger partial charge is 0.0753 e. The molecule has 0 spiro atoms. The van der Waals surface area contributed by atoms with Crippen LogP contribution in [0.2, 0.25) is 5.02 Å². The molecule has 0 saturated carbocycles. The minimum Gasteiger partial charge on any atom is -0.247 e. The van der Waals surface area contributed by atoms with Crippen LogP contribution < -0.4 is 0 Å². The highest BCUT2D eigenvalue weighted by molar-refractivity contribution is 6.40. The number of rotatable bonds is 0. The van der Waals surface area contributed by atoms with Crippen molar-refractivity contribution in [1.29, 1.82) is 0 Å². The molecule has 0 fully saturated rings. The maximum Gasteiger partial charge on any atom is 0.0753 e. The highest BCUT2D eigenvalue weighted by Gasteiger charge is 2.07. The Morgan fingerprint density at radius 1 is 0.938 bits per heavy atom. The van der Waals surface area contributed by atoms with E-state index in [0.717, 1.165) is 32.4 Å². The van der Waals surface area contributed by atoms with Gasteiger partial charge < -0.3 is 0 Å². The zero-order valence-electron chi connectivity index (χ0n) is 8.87. The van der Waals surface area contributed by atoms with Crippen LogP contribution in [0.5, 0.6) is 0 Å². The average molecular weight is 228 g/mol. The molecule has 78 valence electrons. The summed E-state index contributed by atoms with van der Waals surface area (Å²) in [5, 5.41) is 2.84. The van der Waals surface area contributed by atoms with Crippen molar-refractivity contribution in [3.63, 3.8) is 0 Å². The Kier molecular flexibility index (Phi) is 2.08. The fraction of sp³-hybridized carbons (Fsp3) is 0.0714. The van der Waals surface area contributed by atoms with Crippen LogP contribution in [0.1, 0.15) is 5.56 Å². The van der Waals surface area contributed by atoms with Gasteiger partial charge in [0, 0.05) is 10.8 Å². The summed E-state index contributed by atoms with van der Waals surface area (Å²) in [6, 6.07) is 14.1. The van der Waals surface area contributed by atoms with Crippen molar-refractivity contribution < 1.29 is 0 Å². The van der Waals surface area contributed by atoms with E-state index in [2.05, 4.69) is 18.0 Å². The van der Waals surface area contributed by atoms with Crippen LogP contribution in [0, 0.1) is 6.92 Å². The van der Waals surface area contributed by atoms with Gasteiger partial charge in [0.25, 0.3) is 0 Å². The zero-order chi connectivity index (χ0) is 11.1. The van der Waals surface area contributed by atoms with Gasteiger partial charge in [0.15, 0.2) is 0 Å². The number of aromatic nitrogens is 1. The predicted octanol–water partition coefficient (Wildman–Crippen LogP) is 4.35. The molecular weight excluding hydrogens is 218 g/mol. The molecule has 0 bridgehead atoms. The number of pyridine rings is 1. The molecule has 1 nitrogen and oxygen atoms in total. The molecule has 2 heteroatoms. The van der Waals surface area contributed by atoms with E-state index in [1.54, 1.807) is 0 Å². The van der Waals surface area contributed by atoms with E-state index in [1.807, 2.05) is 36.4 Å². The van der Waals surface area contributed by atoms with Crippen LogP contribution in [-0.2, 0) is 0 Å². The topological polar surface area (TPSA) is 12.9 Å². The van der Waals surface area contributed by atoms with Crippen molar-refractivity contribution in [1.82, 2.24) is 4.98 Å². The summed E-state index contributed by atoms with van der Waals surface area (Å²) in [5.41, 5.74) is 3.10. The largest absolute Gasteiger partial charge is 0.247 e. The Morgan fingerprint density at radius 3 is 2.56 bits per heavy atom. The Labute approximate surface area is 98.7 Å². The summed E-state index contributed by atoms with van der Waals surface area (Å²) in [7, 11) is 0. The van der Waals surface area contributed by atoms with E-state index >= 15 is 0 Å². The van der Waals surface area contributed by atoms with Gasteiger partial charge in [-0.05, 0) is 18.6 Å². The lowest BCUT2D eigenvalue weighted by Gasteiger charge is -2.06. The second-order valence-electron chi connectivity index (χ2n) is 3.91. The first-order valence-electron chi connectivity index (χ1n) is 5.21. The molecule has 3 aromatic rings. The van der Waals surface area contributed by atoms with Crippen molar-refractivity contribution in [3.05, 3.63) is 53.1 Å². The lowest BCUT2D eigenvalue weighted by molar-refractivity contribution is 1.42. The minimum absolute atomic E-state index is 0.796. The fourth-order valence-corrected chi connectivity index (χ4v) is 2.32. The molecule has 0 radical (unpaired) electrons. The van der Waals surface area contributed by atoms with E-state index in [4.69, 9.17) is 11.6 Å². The van der Waals surface area contributed by atoms with Crippen molar-refractivity contribution in [2.75, 3.05) is 0 Å². The van der Waals surface area contributed by atoms with Gasteiger partial charge in [0.2, 0.25) is 0 Å². The van der Waals surface area contributed by atoms with Gasteiger partial charge in [0.1, 0.15) is 0 Å². The first-order chi connectivity index (χ1) is 7.77. The van der Waals surface area contributed by atoms with Crippen molar-refractivity contribution in [2.45, 2.75) is 6.92 Å². The molecule has 0 aliphatic rings. The molecule has 1 heterocycles. The van der Waals surface area contributed by atoms with Crippen LogP contribution in [0.25, 0.3) is 21.8 Å². The lowest BCUT2D eigenvalue weighted by atomic mass is 10.1. The Bertz CT molecular complexity index is 689. The average Bonchev–Trinajstić information content (AvgIpc) is 2.31. The Morgan fingerprint density at radius 2 is 1.69 bits per heavy atom. The first kappa shape index (κ1) is 9.61. The summed E-state index contributed by atoms with van der Waals surface area (Å²) in [6.45, 7) is 2.06. The Hall–Kier alpha value is -1.60. The van der Waals surface area contributed by atoms with E-state index in [9.17, 15) is 0 Å². The van der Waals surface area contributed by atoms with Gasteiger partial charge in [-0.2, -0.15) is 0 Å². The molecule has 0 atom stereocenters. The molecule has 3 rings (SSSR count). The molecule has 1 aromatic heterocycles. The van der Waals surface area contributed by atoms with Crippen LogP contribution in [-0.4, -0.2) is 4.98 Å². The Balaban J connectivity index is 2.61. The number of hydrogen-bond acceptors (Lipinski definition) is 1. The fourth-order valence-electron chi connectivity index (χ4n) is 2.01. The van der Waals surface area contributed by atoms with Crippen molar-refractivity contribution in [2.24, 2.45) is 0 Å². The summed E-state index contributed by atoms with van der Waals surface area (Å²) in [4.78, 5) is 4.65. The molecule has 0 N–H and O–H groups in total. The number of benzene rings is 2. The third-order valence-corrected chi connectivity index (χ3v) is 3.25. The third-order valence-electron chi connectivity index (χ3n) is 2.85. The van der Waals surface area contributed by atoms with Gasteiger partial charge in [0.05, 0.1) is 16.1 Å². The molecule has 0 amide bonds. The van der Waals surface area contributed by atoms with Crippen molar-refractivity contribution in [3.8, 4) is 0 Å². The number of fused-ring (bicyclic) bond motifs is 2. The monoisotopic (exact) mass is 227 g/mol.